The first-order valence-electron chi connectivity index (χ1n) is 6.74. The van der Waals surface area contributed by atoms with Gasteiger partial charge in [0.05, 0.1) is 11.0 Å². The van der Waals surface area contributed by atoms with Crippen LogP contribution in [0, 0.1) is 12.7 Å². The van der Waals surface area contributed by atoms with Crippen molar-refractivity contribution in [1.29, 1.82) is 0 Å². The first kappa shape index (κ1) is 12.8. The van der Waals surface area contributed by atoms with Gasteiger partial charge in [0, 0.05) is 13.2 Å². The first-order valence-corrected chi connectivity index (χ1v) is 6.74. The van der Waals surface area contributed by atoms with Gasteiger partial charge in [-0.05, 0) is 18.6 Å². The lowest BCUT2D eigenvalue weighted by atomic mass is 10.2. The van der Waals surface area contributed by atoms with Crippen LogP contribution in [-0.2, 0) is 7.05 Å². The van der Waals surface area contributed by atoms with E-state index in [1.807, 2.05) is 25.1 Å². The van der Waals surface area contributed by atoms with Gasteiger partial charge in [0.25, 0.3) is 5.56 Å². The molecule has 0 amide bonds. The third-order valence-corrected chi connectivity index (χ3v) is 3.77. The molecule has 0 bridgehead atoms. The molecule has 4 aromatic rings. The van der Waals surface area contributed by atoms with Crippen LogP contribution in [-0.4, -0.2) is 24.1 Å². The molecule has 22 heavy (non-hydrogen) atoms. The fourth-order valence-corrected chi connectivity index (χ4v) is 2.68. The number of aromatic amines is 1. The Labute approximate surface area is 123 Å². The van der Waals surface area contributed by atoms with E-state index in [0.29, 0.717) is 11.6 Å². The summed E-state index contributed by atoms with van der Waals surface area (Å²) in [6.45, 7) is 1.96. The van der Waals surface area contributed by atoms with Crippen LogP contribution in [0.15, 0.2) is 35.5 Å². The van der Waals surface area contributed by atoms with Crippen molar-refractivity contribution < 1.29 is 4.39 Å². The molecule has 6 nitrogen and oxygen atoms in total. The van der Waals surface area contributed by atoms with Crippen molar-refractivity contribution in [2.24, 2.45) is 7.05 Å². The number of rotatable bonds is 1. The van der Waals surface area contributed by atoms with E-state index >= 15 is 0 Å². The molecule has 0 spiro atoms. The Hall–Kier alpha value is -2.96. The zero-order valence-electron chi connectivity index (χ0n) is 12.0. The smallest absolute Gasteiger partial charge is 0.264 e. The molecule has 110 valence electrons. The molecular formula is C15H12FN5O. The molecule has 0 saturated carbocycles. The highest BCUT2D eigenvalue weighted by Gasteiger charge is 2.15. The lowest BCUT2D eigenvalue weighted by Crippen LogP contribution is -2.13. The second-order valence-corrected chi connectivity index (χ2v) is 5.23. The highest BCUT2D eigenvalue weighted by Crippen LogP contribution is 2.20. The molecular weight excluding hydrogens is 285 g/mol. The number of H-pyrrole nitrogens is 1. The maximum atomic E-state index is 13.7. The number of nitrogens with one attached hydrogen (secondary N) is 1. The van der Waals surface area contributed by atoms with Crippen LogP contribution in [0.25, 0.3) is 28.0 Å². The number of imidazole rings is 1. The van der Waals surface area contributed by atoms with Gasteiger partial charge < -0.3 is 4.57 Å². The quantitative estimate of drug-likeness (QED) is 0.584. The van der Waals surface area contributed by atoms with Gasteiger partial charge in [-0.1, -0.05) is 12.1 Å². The van der Waals surface area contributed by atoms with Crippen LogP contribution in [0.1, 0.15) is 5.56 Å². The number of hydrogen-bond donors (Lipinski definition) is 1. The van der Waals surface area contributed by atoms with Gasteiger partial charge in [0.15, 0.2) is 11.5 Å². The molecule has 1 N–H and O–H groups in total. The average molecular weight is 297 g/mol. The van der Waals surface area contributed by atoms with E-state index in [2.05, 4.69) is 15.0 Å². The molecule has 0 aliphatic heterocycles. The summed E-state index contributed by atoms with van der Waals surface area (Å²) in [6, 6.07) is 5.77. The first-order chi connectivity index (χ1) is 10.6. The van der Waals surface area contributed by atoms with Crippen molar-refractivity contribution in [2.45, 2.75) is 6.92 Å². The molecule has 7 heteroatoms. The predicted octanol–water partition coefficient (Wildman–Crippen LogP) is 2.05. The maximum absolute atomic E-state index is 13.7. The monoisotopic (exact) mass is 297 g/mol. The van der Waals surface area contributed by atoms with E-state index in [0.717, 1.165) is 16.6 Å². The predicted molar refractivity (Wildman–Crippen MR) is 80.7 cm³/mol. The summed E-state index contributed by atoms with van der Waals surface area (Å²) >= 11 is 0. The molecule has 0 unspecified atom stereocenters. The third-order valence-electron chi connectivity index (χ3n) is 3.77. The van der Waals surface area contributed by atoms with Gasteiger partial charge in [-0.15, -0.1) is 0 Å². The minimum Gasteiger partial charge on any atom is -0.332 e. The number of fused-ring (bicyclic) bond motifs is 2. The van der Waals surface area contributed by atoms with Crippen molar-refractivity contribution in [3.8, 4) is 5.95 Å². The molecule has 0 aliphatic rings. The normalized spacial score (nSPS) is 11.6. The fourth-order valence-electron chi connectivity index (χ4n) is 2.68. The van der Waals surface area contributed by atoms with E-state index in [1.165, 1.54) is 10.8 Å². The van der Waals surface area contributed by atoms with Crippen molar-refractivity contribution in [3.05, 3.63) is 52.5 Å². The van der Waals surface area contributed by atoms with Crippen molar-refractivity contribution in [3.63, 3.8) is 0 Å². The SMILES string of the molecule is Cc1cccc2c1ncn2-c1nc2c(c(F)cn2C)c(=O)[nH]1. The van der Waals surface area contributed by atoms with E-state index in [9.17, 15) is 9.18 Å². The molecule has 3 aromatic heterocycles. The van der Waals surface area contributed by atoms with E-state index in [-0.39, 0.29) is 5.39 Å². The summed E-state index contributed by atoms with van der Waals surface area (Å²) in [6.07, 6.45) is 2.84. The Morgan fingerprint density at radius 1 is 1.32 bits per heavy atom. The Kier molecular flexibility index (Phi) is 2.47. The van der Waals surface area contributed by atoms with Crippen LogP contribution < -0.4 is 5.56 Å². The zero-order chi connectivity index (χ0) is 15.4. The van der Waals surface area contributed by atoms with E-state index in [1.54, 1.807) is 17.9 Å². The minimum atomic E-state index is -0.580. The summed E-state index contributed by atoms with van der Waals surface area (Å²) in [5.74, 6) is -0.268. The standard InChI is InChI=1S/C15H12FN5O/c1-8-4-3-5-10-12(8)17-7-21(10)15-18-13-11(14(22)19-15)9(16)6-20(13)2/h3-7H,1-2H3,(H,18,19,22). The number of aryl methyl sites for hydroxylation is 2. The topological polar surface area (TPSA) is 68.5 Å². The summed E-state index contributed by atoms with van der Waals surface area (Å²) in [5.41, 5.74) is 2.49. The minimum absolute atomic E-state index is 0.0353. The van der Waals surface area contributed by atoms with Crippen LogP contribution in [0.3, 0.4) is 0 Å². The van der Waals surface area contributed by atoms with Gasteiger partial charge in [0.1, 0.15) is 11.7 Å². The molecule has 0 radical (unpaired) electrons. The van der Waals surface area contributed by atoms with Crippen LogP contribution in [0.5, 0.6) is 0 Å². The molecule has 0 aliphatic carbocycles. The summed E-state index contributed by atoms with van der Waals surface area (Å²) in [7, 11) is 1.65. The highest BCUT2D eigenvalue weighted by molar-refractivity contribution is 5.81. The lowest BCUT2D eigenvalue weighted by Gasteiger charge is -2.04. The Balaban J connectivity index is 2.07. The average Bonchev–Trinajstić information content (AvgIpc) is 3.02. The van der Waals surface area contributed by atoms with E-state index < -0.39 is 11.4 Å². The molecule has 4 rings (SSSR count). The Morgan fingerprint density at radius 3 is 2.95 bits per heavy atom. The molecule has 0 saturated heterocycles. The second-order valence-electron chi connectivity index (χ2n) is 5.23. The fraction of sp³-hybridized carbons (Fsp3) is 0.133. The summed E-state index contributed by atoms with van der Waals surface area (Å²) in [5, 5.41) is -0.0353. The van der Waals surface area contributed by atoms with Crippen LogP contribution in [0.2, 0.25) is 0 Å². The van der Waals surface area contributed by atoms with Gasteiger partial charge in [-0.25, -0.2) is 9.37 Å². The lowest BCUT2D eigenvalue weighted by molar-refractivity contribution is 0.632. The number of para-hydroxylation sites is 1. The second kappa shape index (κ2) is 4.27. The summed E-state index contributed by atoms with van der Waals surface area (Å²) < 4.78 is 16.9. The number of aromatic nitrogens is 5. The highest BCUT2D eigenvalue weighted by atomic mass is 19.1. The van der Waals surface area contributed by atoms with Gasteiger partial charge >= 0.3 is 0 Å². The number of hydrogen-bond acceptors (Lipinski definition) is 3. The molecule has 1 aromatic carbocycles. The van der Waals surface area contributed by atoms with Crippen molar-refractivity contribution >= 4 is 22.1 Å². The van der Waals surface area contributed by atoms with Gasteiger partial charge in [0.2, 0.25) is 5.95 Å². The maximum Gasteiger partial charge on any atom is 0.264 e. The van der Waals surface area contributed by atoms with E-state index in [4.69, 9.17) is 0 Å². The molecule has 0 atom stereocenters. The number of benzene rings is 1. The molecule has 3 heterocycles. The van der Waals surface area contributed by atoms with Crippen molar-refractivity contribution in [1.82, 2.24) is 24.1 Å². The number of halogens is 1. The molecule has 0 fully saturated rings. The zero-order valence-corrected chi connectivity index (χ0v) is 12.0. The van der Waals surface area contributed by atoms with Crippen LogP contribution in [0.4, 0.5) is 4.39 Å². The third kappa shape index (κ3) is 1.62. The Morgan fingerprint density at radius 2 is 2.14 bits per heavy atom. The summed E-state index contributed by atoms with van der Waals surface area (Å²) in [4.78, 5) is 23.5. The Bertz CT molecular complexity index is 1090. The van der Waals surface area contributed by atoms with Crippen LogP contribution >= 0.6 is 0 Å². The van der Waals surface area contributed by atoms with Crippen molar-refractivity contribution in [2.75, 3.05) is 0 Å². The van der Waals surface area contributed by atoms with Gasteiger partial charge in [-0.2, -0.15) is 4.98 Å². The number of nitrogens with zero attached hydrogens (tertiary/aromatic N) is 4. The van der Waals surface area contributed by atoms with Gasteiger partial charge in [-0.3, -0.25) is 14.3 Å². The largest absolute Gasteiger partial charge is 0.332 e.